The summed E-state index contributed by atoms with van der Waals surface area (Å²) in [7, 11) is 1.57. The van der Waals surface area contributed by atoms with Crippen LogP contribution in [0.1, 0.15) is 22.3 Å². The molecule has 0 saturated heterocycles. The summed E-state index contributed by atoms with van der Waals surface area (Å²) in [6.45, 7) is 1.70. The van der Waals surface area contributed by atoms with Crippen molar-refractivity contribution >= 4 is 16.9 Å². The Labute approximate surface area is 145 Å². The van der Waals surface area contributed by atoms with Crippen LogP contribution in [0.3, 0.4) is 0 Å². The molecule has 0 aliphatic carbocycles. The average molecular weight is 349 g/mol. The molecule has 1 aromatic heterocycles. The minimum Gasteiger partial charge on any atom is -0.477 e. The van der Waals surface area contributed by atoms with Gasteiger partial charge in [0.25, 0.3) is 0 Å². The number of aryl methyl sites for hydroxylation is 1. The number of nitrogens with zero attached hydrogens (tertiary/aromatic N) is 1. The summed E-state index contributed by atoms with van der Waals surface area (Å²) in [5, 5.41) is 18.4. The van der Waals surface area contributed by atoms with Gasteiger partial charge in [0.1, 0.15) is 5.56 Å². The first kappa shape index (κ1) is 19.1. The van der Waals surface area contributed by atoms with Crippen LogP contribution in [0.15, 0.2) is 29.2 Å². The van der Waals surface area contributed by atoms with Gasteiger partial charge in [-0.05, 0) is 30.5 Å². The van der Waals surface area contributed by atoms with E-state index < -0.39 is 11.4 Å². The lowest BCUT2D eigenvalue weighted by molar-refractivity contribution is 0.0694. The van der Waals surface area contributed by atoms with Crippen molar-refractivity contribution in [1.29, 1.82) is 0 Å². The predicted molar refractivity (Wildman–Crippen MR) is 93.3 cm³/mol. The Balaban J connectivity index is 2.33. The third-order valence-corrected chi connectivity index (χ3v) is 3.90. The largest absolute Gasteiger partial charge is 0.477 e. The fourth-order valence-electron chi connectivity index (χ4n) is 2.67. The normalized spacial score (nSPS) is 11.1. The third kappa shape index (κ3) is 4.88. The number of carboxylic acids is 1. The SMILES string of the molecule is COCCn1cc(C(=O)O)c(=O)c2cc(CCCOCCO)ccc21. The van der Waals surface area contributed by atoms with Gasteiger partial charge < -0.3 is 24.3 Å². The van der Waals surface area contributed by atoms with Crippen LogP contribution in [-0.4, -0.2) is 54.3 Å². The van der Waals surface area contributed by atoms with Gasteiger partial charge in [0, 0.05) is 31.8 Å². The van der Waals surface area contributed by atoms with Crippen LogP contribution in [0, 0.1) is 0 Å². The number of carboxylic acid groups (broad SMARTS) is 1. The molecule has 1 heterocycles. The molecule has 7 heteroatoms. The van der Waals surface area contributed by atoms with Gasteiger partial charge in [-0.1, -0.05) is 6.07 Å². The van der Waals surface area contributed by atoms with Crippen molar-refractivity contribution in [3.63, 3.8) is 0 Å². The Morgan fingerprint density at radius 1 is 1.24 bits per heavy atom. The number of pyridine rings is 1. The second kappa shape index (κ2) is 9.31. The molecule has 0 radical (unpaired) electrons. The van der Waals surface area contributed by atoms with Crippen molar-refractivity contribution in [2.45, 2.75) is 19.4 Å². The van der Waals surface area contributed by atoms with E-state index in [-0.39, 0.29) is 12.2 Å². The number of hydrogen-bond acceptors (Lipinski definition) is 5. The highest BCUT2D eigenvalue weighted by Gasteiger charge is 2.14. The van der Waals surface area contributed by atoms with Gasteiger partial charge in [0.05, 0.1) is 25.3 Å². The summed E-state index contributed by atoms with van der Waals surface area (Å²) < 4.78 is 12.0. The molecule has 1 aromatic carbocycles. The van der Waals surface area contributed by atoms with Crippen LogP contribution in [0.5, 0.6) is 0 Å². The number of hydrogen-bond donors (Lipinski definition) is 2. The van der Waals surface area contributed by atoms with Crippen LogP contribution in [-0.2, 0) is 22.4 Å². The molecule has 0 aliphatic heterocycles. The van der Waals surface area contributed by atoms with Gasteiger partial charge in [0.15, 0.2) is 0 Å². The predicted octanol–water partition coefficient (Wildman–Crippen LogP) is 1.29. The first-order chi connectivity index (χ1) is 12.1. The number of aromatic carboxylic acids is 1. The topological polar surface area (TPSA) is 98.0 Å². The van der Waals surface area contributed by atoms with E-state index >= 15 is 0 Å². The van der Waals surface area contributed by atoms with E-state index in [0.717, 1.165) is 12.0 Å². The van der Waals surface area contributed by atoms with Gasteiger partial charge in [-0.2, -0.15) is 0 Å². The number of aliphatic hydroxyl groups excluding tert-OH is 1. The number of methoxy groups -OCH3 is 1. The number of aliphatic hydroxyl groups is 1. The van der Waals surface area contributed by atoms with E-state index in [1.54, 1.807) is 17.7 Å². The smallest absolute Gasteiger partial charge is 0.341 e. The van der Waals surface area contributed by atoms with Crippen molar-refractivity contribution in [3.8, 4) is 0 Å². The second-order valence-electron chi connectivity index (χ2n) is 5.65. The van der Waals surface area contributed by atoms with Crippen LogP contribution in [0.2, 0.25) is 0 Å². The van der Waals surface area contributed by atoms with Gasteiger partial charge in [0.2, 0.25) is 5.43 Å². The zero-order valence-corrected chi connectivity index (χ0v) is 14.2. The molecule has 0 bridgehead atoms. The van der Waals surface area contributed by atoms with Crippen molar-refractivity contribution < 1.29 is 24.5 Å². The quantitative estimate of drug-likeness (QED) is 0.627. The molecule has 25 heavy (non-hydrogen) atoms. The lowest BCUT2D eigenvalue weighted by Crippen LogP contribution is -2.20. The monoisotopic (exact) mass is 349 g/mol. The zero-order chi connectivity index (χ0) is 18.2. The Kier molecular flexibility index (Phi) is 7.12. The maximum Gasteiger partial charge on any atom is 0.341 e. The molecule has 2 rings (SSSR count). The van der Waals surface area contributed by atoms with Crippen molar-refractivity contribution in [2.75, 3.05) is 33.5 Å². The Bertz CT molecular complexity index is 783. The van der Waals surface area contributed by atoms with Gasteiger partial charge >= 0.3 is 5.97 Å². The molecule has 0 atom stereocenters. The first-order valence-electron chi connectivity index (χ1n) is 8.15. The Morgan fingerprint density at radius 2 is 2.04 bits per heavy atom. The molecule has 0 amide bonds. The average Bonchev–Trinajstić information content (AvgIpc) is 2.61. The van der Waals surface area contributed by atoms with Crippen LogP contribution < -0.4 is 5.43 Å². The molecule has 2 aromatic rings. The molecule has 0 unspecified atom stereocenters. The second-order valence-corrected chi connectivity index (χ2v) is 5.65. The van der Waals surface area contributed by atoms with Gasteiger partial charge in [-0.3, -0.25) is 4.79 Å². The fourth-order valence-corrected chi connectivity index (χ4v) is 2.67. The maximum absolute atomic E-state index is 12.5. The van der Waals surface area contributed by atoms with E-state index in [4.69, 9.17) is 14.6 Å². The van der Waals surface area contributed by atoms with Crippen molar-refractivity contribution in [1.82, 2.24) is 4.57 Å². The lowest BCUT2D eigenvalue weighted by atomic mass is 10.0. The third-order valence-electron chi connectivity index (χ3n) is 3.90. The molecule has 0 aliphatic rings. The van der Waals surface area contributed by atoms with E-state index in [9.17, 15) is 14.7 Å². The standard InChI is InChI=1S/C18H23NO6/c1-24-9-6-19-12-15(18(22)23)17(21)14-11-13(4-5-16(14)19)3-2-8-25-10-7-20/h4-5,11-12,20H,2-3,6-10H2,1H3,(H,22,23). The van der Waals surface area contributed by atoms with E-state index in [1.807, 2.05) is 12.1 Å². The maximum atomic E-state index is 12.5. The molecular weight excluding hydrogens is 326 g/mol. The number of ether oxygens (including phenoxy) is 2. The van der Waals surface area contributed by atoms with Crippen LogP contribution in [0.25, 0.3) is 10.9 Å². The summed E-state index contributed by atoms with van der Waals surface area (Å²) in [4.78, 5) is 23.9. The molecule has 2 N–H and O–H groups in total. The number of carbonyl (C=O) groups is 1. The molecule has 136 valence electrons. The van der Waals surface area contributed by atoms with Crippen molar-refractivity contribution in [3.05, 3.63) is 45.7 Å². The molecule has 0 spiro atoms. The van der Waals surface area contributed by atoms with E-state index in [1.165, 1.54) is 6.20 Å². The lowest BCUT2D eigenvalue weighted by Gasteiger charge is -2.13. The van der Waals surface area contributed by atoms with E-state index in [2.05, 4.69) is 0 Å². The Morgan fingerprint density at radius 3 is 2.72 bits per heavy atom. The fraction of sp³-hybridized carbons (Fsp3) is 0.444. The zero-order valence-electron chi connectivity index (χ0n) is 14.2. The highest BCUT2D eigenvalue weighted by Crippen LogP contribution is 2.16. The first-order valence-corrected chi connectivity index (χ1v) is 8.15. The minimum atomic E-state index is -1.24. The van der Waals surface area contributed by atoms with Gasteiger partial charge in [-0.25, -0.2) is 4.79 Å². The Hall–Kier alpha value is -2.22. The summed E-state index contributed by atoms with van der Waals surface area (Å²) in [6, 6.07) is 5.51. The summed E-state index contributed by atoms with van der Waals surface area (Å²) >= 11 is 0. The number of aromatic nitrogens is 1. The molecule has 0 saturated carbocycles. The summed E-state index contributed by atoms with van der Waals surface area (Å²) in [5.41, 5.74) is 0.909. The highest BCUT2D eigenvalue weighted by molar-refractivity contribution is 5.92. The molecule has 0 fully saturated rings. The number of fused-ring (bicyclic) bond motifs is 1. The van der Waals surface area contributed by atoms with Gasteiger partial charge in [-0.15, -0.1) is 0 Å². The summed E-state index contributed by atoms with van der Waals surface area (Å²) in [6.07, 6.45) is 2.83. The molecule has 7 nitrogen and oxygen atoms in total. The van der Waals surface area contributed by atoms with Crippen LogP contribution in [0.4, 0.5) is 0 Å². The minimum absolute atomic E-state index is 0.00500. The van der Waals surface area contributed by atoms with Crippen molar-refractivity contribution in [2.24, 2.45) is 0 Å². The number of benzene rings is 1. The number of rotatable bonds is 10. The van der Waals surface area contributed by atoms with Crippen LogP contribution >= 0.6 is 0 Å². The highest BCUT2D eigenvalue weighted by atomic mass is 16.5. The van der Waals surface area contributed by atoms with E-state index in [0.29, 0.717) is 43.7 Å². The summed E-state index contributed by atoms with van der Waals surface area (Å²) in [5.74, 6) is -1.24. The molecular formula is C18H23NO6.